The van der Waals surface area contributed by atoms with Crippen molar-refractivity contribution < 1.29 is 0 Å². The molecule has 0 radical (unpaired) electrons. The quantitative estimate of drug-likeness (QED) is 0.560. The van der Waals surface area contributed by atoms with Crippen LogP contribution in [0.15, 0.2) is 0 Å². The lowest BCUT2D eigenvalue weighted by Crippen LogP contribution is -2.26. The summed E-state index contributed by atoms with van der Waals surface area (Å²) in [6.07, 6.45) is 0. The summed E-state index contributed by atoms with van der Waals surface area (Å²) in [6, 6.07) is 0. The minimum atomic E-state index is -0.492. The molecule has 0 nitrogen and oxygen atoms in total. The van der Waals surface area contributed by atoms with Crippen molar-refractivity contribution in [1.82, 2.24) is 0 Å². The molecule has 0 aliphatic rings. The van der Waals surface area contributed by atoms with E-state index in [9.17, 15) is 0 Å². The lowest BCUT2D eigenvalue weighted by molar-refractivity contribution is 1.85. The second-order valence-electron chi connectivity index (χ2n) is 2.91. The number of rotatable bonds is 1. The maximum absolute atomic E-state index is 2.44. The van der Waals surface area contributed by atoms with Gasteiger partial charge in [-0.3, -0.25) is 0 Å². The first-order valence-electron chi connectivity index (χ1n) is 2.56. The normalized spacial score (nSPS) is 9.14. The van der Waals surface area contributed by atoms with Gasteiger partial charge in [-0.2, -0.15) is 5.05 Å². The highest BCUT2D eigenvalue weighted by Crippen LogP contribution is 1.94. The first-order valence-corrected chi connectivity index (χ1v) is 9.80. The Morgan fingerprint density at radius 2 is 1.29 bits per heavy atom. The Kier molecular flexibility index (Phi) is 7.02. The van der Waals surface area contributed by atoms with E-state index >= 15 is 0 Å². The van der Waals surface area contributed by atoms with Crippen LogP contribution in [0, 0.1) is 0 Å². The van der Waals surface area contributed by atoms with Crippen molar-refractivity contribution in [2.24, 2.45) is 0 Å². The van der Waals surface area contributed by atoms with Gasteiger partial charge in [0.1, 0.15) is 0 Å². The van der Waals surface area contributed by atoms with E-state index in [1.165, 1.54) is 0 Å². The third-order valence-electron chi connectivity index (χ3n) is 1.06. The van der Waals surface area contributed by atoms with Crippen LogP contribution in [-0.4, -0.2) is 25.3 Å². The molecule has 0 N–H and O–H groups in total. The van der Waals surface area contributed by atoms with Gasteiger partial charge in [-0.1, -0.05) is 25.4 Å². The molecular formula is C4H13BrMgSi. The zero-order chi connectivity index (χ0) is 5.21. The summed E-state index contributed by atoms with van der Waals surface area (Å²) in [7, 11) is 0. The summed E-state index contributed by atoms with van der Waals surface area (Å²) in [4.78, 5) is 0. The second-order valence-corrected chi connectivity index (χ2v) is 17.2. The van der Waals surface area contributed by atoms with Crippen molar-refractivity contribution in [2.45, 2.75) is 24.7 Å². The zero-order valence-electron chi connectivity index (χ0n) is 5.62. The van der Waals surface area contributed by atoms with Crippen molar-refractivity contribution in [3.8, 4) is 0 Å². The third-order valence-corrected chi connectivity index (χ3v) is 9.55. The Morgan fingerprint density at radius 1 is 1.14 bits per heavy atom. The van der Waals surface area contributed by atoms with Crippen LogP contribution in [-0.2, 0) is 0 Å². The molecule has 0 saturated carbocycles. The fraction of sp³-hybridized carbons (Fsp3) is 1.00. The van der Waals surface area contributed by atoms with E-state index in [1.807, 2.05) is 0 Å². The van der Waals surface area contributed by atoms with Crippen molar-refractivity contribution in [1.29, 1.82) is 0 Å². The summed E-state index contributed by atoms with van der Waals surface area (Å²) in [5.41, 5.74) is -0.492. The highest BCUT2D eigenvalue weighted by atomic mass is 79.9. The molecule has 0 bridgehead atoms. The van der Waals surface area contributed by atoms with Gasteiger partial charge < -0.3 is 0 Å². The molecule has 7 heavy (non-hydrogen) atoms. The Hall–Kier alpha value is 1.46. The van der Waals surface area contributed by atoms with E-state index in [4.69, 9.17) is 0 Å². The maximum atomic E-state index is 2.44. The lowest BCUT2D eigenvalue weighted by atomic mass is 11.8. The van der Waals surface area contributed by atoms with Crippen LogP contribution in [0.2, 0.25) is 24.7 Å². The molecule has 42 valence electrons. The van der Waals surface area contributed by atoms with Crippen LogP contribution in [0.3, 0.4) is 0 Å². The fourth-order valence-electron chi connectivity index (χ4n) is 0. The van der Waals surface area contributed by atoms with Gasteiger partial charge in [-0.05, 0) is 0 Å². The minimum Gasteiger partial charge on any atom is -0.159 e. The predicted molar refractivity (Wildman–Crippen MR) is 45.3 cm³/mol. The highest BCUT2D eigenvalue weighted by Gasteiger charge is 2.09. The molecule has 0 rings (SSSR count). The Balaban J connectivity index is 0. The topological polar surface area (TPSA) is 0 Å². The van der Waals surface area contributed by atoms with E-state index in [1.54, 1.807) is 0 Å². The Labute approximate surface area is 66.7 Å². The van der Waals surface area contributed by atoms with Gasteiger partial charge in [-0.15, -0.1) is 17.0 Å². The van der Waals surface area contributed by atoms with Crippen LogP contribution in [0.25, 0.3) is 0 Å². The summed E-state index contributed by atoms with van der Waals surface area (Å²) in [6.45, 7) is 7.33. The number of halogens is 1. The molecular weight excluding hydrogens is 180 g/mol. The zero-order valence-corrected chi connectivity index (χ0v) is 9.74. The van der Waals surface area contributed by atoms with Gasteiger partial charge in [-0.25, -0.2) is 0 Å². The molecule has 0 aromatic heterocycles. The molecule has 0 aromatic rings. The first kappa shape index (κ1) is 11.3. The van der Waals surface area contributed by atoms with Crippen LogP contribution in [0.1, 0.15) is 0 Å². The molecule has 0 amide bonds. The van der Waals surface area contributed by atoms with E-state index < -0.39 is 5.72 Å². The second kappa shape index (κ2) is 4.35. The molecule has 0 unspecified atom stereocenters. The first-order chi connectivity index (χ1) is 2.56. The molecule has 0 aliphatic heterocycles. The van der Waals surface area contributed by atoms with Gasteiger partial charge in [0.05, 0.1) is 0 Å². The average molecular weight is 193 g/mol. The van der Waals surface area contributed by atoms with Crippen molar-refractivity contribution in [2.75, 3.05) is 0 Å². The molecule has 0 saturated heterocycles. The van der Waals surface area contributed by atoms with Gasteiger partial charge in [0, 0.05) is 0 Å². The van der Waals surface area contributed by atoms with E-state index in [0.717, 1.165) is 0 Å². The van der Waals surface area contributed by atoms with Crippen LogP contribution < -0.4 is 0 Å². The predicted octanol–water partition coefficient (Wildman–Crippen LogP) is 2.15. The van der Waals surface area contributed by atoms with Crippen LogP contribution >= 0.6 is 17.0 Å². The van der Waals surface area contributed by atoms with Gasteiger partial charge >= 0.3 is 19.6 Å². The molecule has 0 aromatic carbocycles. The van der Waals surface area contributed by atoms with Crippen LogP contribution in [0.5, 0.6) is 0 Å². The Bertz CT molecular complexity index is 41.4. The molecule has 0 aliphatic carbocycles. The van der Waals surface area contributed by atoms with Crippen molar-refractivity contribution in [3.63, 3.8) is 0 Å². The summed E-state index contributed by atoms with van der Waals surface area (Å²) in [5.74, 6) is 0. The SMILES string of the molecule is Br.[CH3][Mg][Si](C)(C)C. The van der Waals surface area contributed by atoms with E-state index in [-0.39, 0.29) is 17.0 Å². The van der Waals surface area contributed by atoms with Crippen LogP contribution in [0.4, 0.5) is 0 Å². The minimum absolute atomic E-state index is 0. The lowest BCUT2D eigenvalue weighted by Gasteiger charge is -2.09. The third kappa shape index (κ3) is 11.2. The fourth-order valence-corrected chi connectivity index (χ4v) is 0. The van der Waals surface area contributed by atoms with Crippen molar-refractivity contribution >= 4 is 42.3 Å². The van der Waals surface area contributed by atoms with Gasteiger partial charge in [0.25, 0.3) is 0 Å². The molecule has 0 atom stereocenters. The number of hydrogen-bond acceptors (Lipinski definition) is 0. The smallest absolute Gasteiger partial charge is 0.159 e. The standard InChI is InChI=1S/C3H9Si.CH3.BrH.Mg/c1-4(2)3;;;/h1-3H3;1H3;1H;. The number of hydrogen-bond donors (Lipinski definition) is 0. The monoisotopic (exact) mass is 192 g/mol. The summed E-state index contributed by atoms with van der Waals surface area (Å²) < 4.78 is 0. The average Bonchev–Trinajstić information content (AvgIpc) is 1.35. The van der Waals surface area contributed by atoms with E-state index in [2.05, 4.69) is 24.7 Å². The molecule has 0 heterocycles. The molecule has 0 spiro atoms. The summed E-state index contributed by atoms with van der Waals surface area (Å²) >= 11 is 0.391. The van der Waals surface area contributed by atoms with Crippen molar-refractivity contribution in [3.05, 3.63) is 0 Å². The Morgan fingerprint density at radius 3 is 1.29 bits per heavy atom. The van der Waals surface area contributed by atoms with E-state index in [0.29, 0.717) is 19.6 Å². The maximum Gasteiger partial charge on any atom is 0.359 e. The molecule has 0 fully saturated rings. The summed E-state index contributed by atoms with van der Waals surface area (Å²) in [5, 5.41) is 2.41. The van der Waals surface area contributed by atoms with Gasteiger partial charge in [0.2, 0.25) is 0 Å². The largest absolute Gasteiger partial charge is 0.359 e. The van der Waals surface area contributed by atoms with Gasteiger partial charge in [0.15, 0.2) is 0 Å². The molecule has 3 heteroatoms. The highest BCUT2D eigenvalue weighted by molar-refractivity contribution is 8.93.